The molecule has 0 aliphatic carbocycles. The third kappa shape index (κ3) is 5.86. The molecule has 6 nitrogen and oxygen atoms in total. The van der Waals surface area contributed by atoms with Crippen LogP contribution in [-0.4, -0.2) is 37.0 Å². The Kier molecular flexibility index (Phi) is 8.10. The molecule has 1 heterocycles. The molecular formula is C24H27O6P. The average molecular weight is 442 g/mol. The first kappa shape index (κ1) is 23.3. The molecule has 0 N–H and O–H groups in total. The van der Waals surface area contributed by atoms with Crippen LogP contribution < -0.4 is 0 Å². The molecule has 1 fully saturated rings. The molecule has 164 valence electrons. The number of hydrogen-bond donors (Lipinski definition) is 0. The zero-order valence-corrected chi connectivity index (χ0v) is 18.6. The van der Waals surface area contributed by atoms with Crippen LogP contribution >= 0.6 is 7.60 Å². The van der Waals surface area contributed by atoms with Crippen molar-refractivity contribution in [3.63, 3.8) is 0 Å². The van der Waals surface area contributed by atoms with Crippen LogP contribution in [0.25, 0.3) is 0 Å². The maximum atomic E-state index is 13.2. The summed E-state index contributed by atoms with van der Waals surface area (Å²) in [5.74, 6) is 0.319. The molecule has 0 bridgehead atoms. The minimum absolute atomic E-state index is 0.149. The Morgan fingerprint density at radius 1 is 0.935 bits per heavy atom. The summed E-state index contributed by atoms with van der Waals surface area (Å²) >= 11 is 0. The number of benzene rings is 2. The van der Waals surface area contributed by atoms with Crippen LogP contribution in [-0.2, 0) is 18.3 Å². The van der Waals surface area contributed by atoms with Crippen molar-refractivity contribution >= 4 is 19.2 Å². The van der Waals surface area contributed by atoms with E-state index in [1.807, 2.05) is 12.1 Å². The highest BCUT2D eigenvalue weighted by Crippen LogP contribution is 2.50. The van der Waals surface area contributed by atoms with Crippen LogP contribution in [0, 0.1) is 5.92 Å². The Morgan fingerprint density at radius 2 is 1.45 bits per heavy atom. The molecule has 0 radical (unpaired) electrons. The lowest BCUT2D eigenvalue weighted by Crippen LogP contribution is -2.32. The standard InChI is InChI=1S/C24H27O6P/c1-3-28-31(27,29-4-2)16-15-20-17-21(22(25)18-11-7-5-8-12-18)24(30-20)23(26)19-13-9-6-10-14-19/h5-16,20-21,24H,3-4,17H2,1-2H3. The monoisotopic (exact) mass is 442 g/mol. The van der Waals surface area contributed by atoms with Crippen LogP contribution in [0.2, 0.25) is 0 Å². The van der Waals surface area contributed by atoms with Gasteiger partial charge in [-0.3, -0.25) is 14.2 Å². The van der Waals surface area contributed by atoms with Crippen LogP contribution in [0.3, 0.4) is 0 Å². The average Bonchev–Trinajstić information content (AvgIpc) is 3.23. The number of rotatable bonds is 10. The van der Waals surface area contributed by atoms with E-state index in [0.717, 1.165) is 0 Å². The van der Waals surface area contributed by atoms with Gasteiger partial charge in [0.15, 0.2) is 11.6 Å². The summed E-state index contributed by atoms with van der Waals surface area (Å²) in [5, 5.41) is 0. The zero-order valence-electron chi connectivity index (χ0n) is 17.7. The van der Waals surface area contributed by atoms with Gasteiger partial charge < -0.3 is 13.8 Å². The van der Waals surface area contributed by atoms with E-state index in [-0.39, 0.29) is 24.8 Å². The molecule has 7 heteroatoms. The molecule has 0 amide bonds. The normalized spacial score (nSPS) is 21.4. The van der Waals surface area contributed by atoms with Gasteiger partial charge in [0.2, 0.25) is 0 Å². The molecule has 3 rings (SSSR count). The Bertz CT molecular complexity index is 887. The highest BCUT2D eigenvalue weighted by Gasteiger charge is 2.43. The number of hydrogen-bond acceptors (Lipinski definition) is 6. The SMILES string of the molecule is CCOP(=O)(C=CC1CC(C(=O)c2ccccc2)C(C(=O)c2ccccc2)O1)OCC. The van der Waals surface area contributed by atoms with Gasteiger partial charge >= 0.3 is 7.60 Å². The Hall–Kier alpha value is -2.37. The fourth-order valence-corrected chi connectivity index (χ4v) is 4.96. The fraction of sp³-hybridized carbons (Fsp3) is 0.333. The summed E-state index contributed by atoms with van der Waals surface area (Å²) in [4.78, 5) is 26.3. The molecule has 2 aromatic carbocycles. The van der Waals surface area contributed by atoms with E-state index in [9.17, 15) is 14.2 Å². The van der Waals surface area contributed by atoms with Gasteiger partial charge in [-0.1, -0.05) is 60.7 Å². The van der Waals surface area contributed by atoms with Crippen molar-refractivity contribution in [1.29, 1.82) is 0 Å². The van der Waals surface area contributed by atoms with Crippen molar-refractivity contribution < 1.29 is 27.9 Å². The number of carbonyl (C=O) groups excluding carboxylic acids is 2. The van der Waals surface area contributed by atoms with Crippen molar-refractivity contribution in [3.05, 3.63) is 83.7 Å². The summed E-state index contributed by atoms with van der Waals surface area (Å²) in [6, 6.07) is 17.6. The molecule has 2 aromatic rings. The molecule has 0 spiro atoms. The summed E-state index contributed by atoms with van der Waals surface area (Å²) in [6.07, 6.45) is 0.384. The van der Waals surface area contributed by atoms with Crippen LogP contribution in [0.4, 0.5) is 0 Å². The maximum Gasteiger partial charge on any atom is 0.353 e. The largest absolute Gasteiger partial charge is 0.362 e. The Balaban J connectivity index is 1.86. The quantitative estimate of drug-likeness (QED) is 0.367. The highest BCUT2D eigenvalue weighted by molar-refractivity contribution is 7.57. The van der Waals surface area contributed by atoms with Crippen LogP contribution in [0.5, 0.6) is 0 Å². The van der Waals surface area contributed by atoms with Gasteiger partial charge in [0.05, 0.1) is 25.2 Å². The fourth-order valence-electron chi connectivity index (χ4n) is 3.59. The molecule has 3 atom stereocenters. The second kappa shape index (κ2) is 10.8. The maximum absolute atomic E-state index is 13.2. The van der Waals surface area contributed by atoms with Gasteiger partial charge in [-0.25, -0.2) is 0 Å². The molecule has 1 aliphatic rings. The van der Waals surface area contributed by atoms with Crippen molar-refractivity contribution in [1.82, 2.24) is 0 Å². The molecule has 31 heavy (non-hydrogen) atoms. The molecular weight excluding hydrogens is 415 g/mol. The van der Waals surface area contributed by atoms with E-state index >= 15 is 0 Å². The minimum Gasteiger partial charge on any atom is -0.362 e. The van der Waals surface area contributed by atoms with Crippen molar-refractivity contribution in [2.24, 2.45) is 5.92 Å². The molecule has 1 aliphatic heterocycles. The van der Waals surface area contributed by atoms with Gasteiger partial charge in [0.25, 0.3) is 0 Å². The van der Waals surface area contributed by atoms with E-state index in [4.69, 9.17) is 13.8 Å². The predicted molar refractivity (Wildman–Crippen MR) is 118 cm³/mol. The van der Waals surface area contributed by atoms with E-state index in [1.165, 1.54) is 5.82 Å². The predicted octanol–water partition coefficient (Wildman–Crippen LogP) is 5.31. The Morgan fingerprint density at radius 3 is 1.97 bits per heavy atom. The van der Waals surface area contributed by atoms with Gasteiger partial charge in [-0.15, -0.1) is 0 Å². The van der Waals surface area contributed by atoms with E-state index in [2.05, 4.69) is 0 Å². The first-order chi connectivity index (χ1) is 15.0. The highest BCUT2D eigenvalue weighted by atomic mass is 31.2. The van der Waals surface area contributed by atoms with Crippen LogP contribution in [0.15, 0.2) is 72.6 Å². The lowest BCUT2D eigenvalue weighted by molar-refractivity contribution is 0.0413. The van der Waals surface area contributed by atoms with E-state index < -0.39 is 25.7 Å². The summed E-state index contributed by atoms with van der Waals surface area (Å²) in [6.45, 7) is 3.93. The van der Waals surface area contributed by atoms with Crippen LogP contribution in [0.1, 0.15) is 41.0 Å². The third-order valence-corrected chi connectivity index (χ3v) is 6.76. The van der Waals surface area contributed by atoms with Crippen molar-refractivity contribution in [2.75, 3.05) is 13.2 Å². The molecule has 0 saturated carbocycles. The second-order valence-corrected chi connectivity index (χ2v) is 9.01. The number of ether oxygens (including phenoxy) is 1. The zero-order chi connectivity index (χ0) is 22.3. The van der Waals surface area contributed by atoms with E-state index in [0.29, 0.717) is 17.5 Å². The second-order valence-electron chi connectivity index (χ2n) is 7.11. The molecule has 3 unspecified atom stereocenters. The summed E-state index contributed by atoms with van der Waals surface area (Å²) in [5.41, 5.74) is 1.01. The third-order valence-electron chi connectivity index (χ3n) is 4.99. The van der Waals surface area contributed by atoms with Crippen molar-refractivity contribution in [3.8, 4) is 0 Å². The van der Waals surface area contributed by atoms with E-state index in [1.54, 1.807) is 68.5 Å². The van der Waals surface area contributed by atoms with Crippen molar-refractivity contribution in [2.45, 2.75) is 32.5 Å². The smallest absolute Gasteiger partial charge is 0.353 e. The summed E-state index contributed by atoms with van der Waals surface area (Å²) < 4.78 is 29.3. The molecule has 0 aromatic heterocycles. The summed E-state index contributed by atoms with van der Waals surface area (Å²) in [7, 11) is -3.41. The first-order valence-electron chi connectivity index (χ1n) is 10.4. The van der Waals surface area contributed by atoms with Gasteiger partial charge in [-0.2, -0.15) is 0 Å². The number of ketones is 2. The topological polar surface area (TPSA) is 78.9 Å². The minimum atomic E-state index is -3.41. The lowest BCUT2D eigenvalue weighted by atomic mass is 9.87. The number of carbonyl (C=O) groups is 2. The van der Waals surface area contributed by atoms with Gasteiger partial charge in [-0.05, 0) is 26.3 Å². The number of Topliss-reactive ketones (excluding diaryl/α,β-unsaturated/α-hetero) is 2. The Labute approximate surface area is 182 Å². The van der Waals surface area contributed by atoms with Gasteiger partial charge in [0.1, 0.15) is 6.10 Å². The first-order valence-corrected chi connectivity index (χ1v) is 12.0. The van der Waals surface area contributed by atoms with Gasteiger partial charge in [0, 0.05) is 16.9 Å². The molecule has 1 saturated heterocycles. The lowest BCUT2D eigenvalue weighted by Gasteiger charge is -2.16.